The smallest absolute Gasteiger partial charge is 0.163 e. The van der Waals surface area contributed by atoms with Crippen LogP contribution in [0.25, 0.3) is 0 Å². The Morgan fingerprint density at radius 1 is 1.29 bits per heavy atom. The number of rotatable bonds is 3. The molecule has 0 saturated heterocycles. The summed E-state index contributed by atoms with van der Waals surface area (Å²) in [6.45, 7) is 3.80. The van der Waals surface area contributed by atoms with Gasteiger partial charge in [-0.15, -0.1) is 0 Å². The van der Waals surface area contributed by atoms with Gasteiger partial charge < -0.3 is 9.47 Å². The molecule has 0 heterocycles. The normalized spacial score (nSPS) is 10.4. The van der Waals surface area contributed by atoms with E-state index in [9.17, 15) is 4.39 Å². The van der Waals surface area contributed by atoms with Crippen LogP contribution >= 0.6 is 15.9 Å². The average molecular weight is 263 g/mol. The standard InChI is InChI=1S/C10H12BrFO2/c1-6(2)14-10-4-7(11)8(12)5-9(10)13-3/h4-6H,1-3H3. The molecule has 2 nitrogen and oxygen atoms in total. The first-order valence-corrected chi connectivity index (χ1v) is 5.03. The largest absolute Gasteiger partial charge is 0.493 e. The van der Waals surface area contributed by atoms with E-state index in [2.05, 4.69) is 15.9 Å². The highest BCUT2D eigenvalue weighted by atomic mass is 79.9. The summed E-state index contributed by atoms with van der Waals surface area (Å²) in [6.07, 6.45) is 0.0289. The highest BCUT2D eigenvalue weighted by Crippen LogP contribution is 2.33. The van der Waals surface area contributed by atoms with Crippen molar-refractivity contribution in [1.29, 1.82) is 0 Å². The molecular formula is C10H12BrFO2. The molecule has 0 bridgehead atoms. The lowest BCUT2D eigenvalue weighted by Gasteiger charge is -2.13. The number of benzene rings is 1. The molecule has 0 fully saturated rings. The molecule has 0 aliphatic rings. The van der Waals surface area contributed by atoms with Gasteiger partial charge in [-0.25, -0.2) is 4.39 Å². The number of ether oxygens (including phenoxy) is 2. The first kappa shape index (κ1) is 11.3. The lowest BCUT2D eigenvalue weighted by Crippen LogP contribution is -2.07. The molecule has 1 aromatic rings. The molecule has 14 heavy (non-hydrogen) atoms. The lowest BCUT2D eigenvalue weighted by molar-refractivity contribution is 0.229. The monoisotopic (exact) mass is 262 g/mol. The van der Waals surface area contributed by atoms with Gasteiger partial charge in [-0.1, -0.05) is 0 Å². The minimum atomic E-state index is -0.363. The fourth-order valence-electron chi connectivity index (χ4n) is 1.02. The highest BCUT2D eigenvalue weighted by molar-refractivity contribution is 9.10. The van der Waals surface area contributed by atoms with Crippen LogP contribution in [0.15, 0.2) is 16.6 Å². The molecule has 0 atom stereocenters. The Labute approximate surface area is 91.2 Å². The molecule has 4 heteroatoms. The van der Waals surface area contributed by atoms with E-state index < -0.39 is 0 Å². The van der Waals surface area contributed by atoms with E-state index >= 15 is 0 Å². The van der Waals surface area contributed by atoms with Crippen LogP contribution in [0.1, 0.15) is 13.8 Å². The minimum absolute atomic E-state index is 0.0289. The van der Waals surface area contributed by atoms with Gasteiger partial charge in [0.1, 0.15) is 5.82 Å². The van der Waals surface area contributed by atoms with Gasteiger partial charge in [-0.3, -0.25) is 0 Å². The van der Waals surface area contributed by atoms with Crippen molar-refractivity contribution >= 4 is 15.9 Å². The summed E-state index contributed by atoms with van der Waals surface area (Å²) in [5.41, 5.74) is 0. The van der Waals surface area contributed by atoms with Crippen LogP contribution in [0.4, 0.5) is 4.39 Å². The Kier molecular flexibility index (Phi) is 3.75. The Bertz CT molecular complexity index is 326. The summed E-state index contributed by atoms with van der Waals surface area (Å²) < 4.78 is 23.9. The Balaban J connectivity index is 3.07. The Hall–Kier alpha value is -0.770. The molecular weight excluding hydrogens is 251 g/mol. The molecule has 0 aliphatic carbocycles. The molecule has 0 aliphatic heterocycles. The van der Waals surface area contributed by atoms with E-state index in [1.54, 1.807) is 6.07 Å². The molecule has 0 unspecified atom stereocenters. The van der Waals surface area contributed by atoms with Crippen LogP contribution in [0.5, 0.6) is 11.5 Å². The topological polar surface area (TPSA) is 18.5 Å². The van der Waals surface area contributed by atoms with Gasteiger partial charge in [-0.05, 0) is 29.8 Å². The lowest BCUT2D eigenvalue weighted by atomic mass is 10.3. The second-order valence-electron chi connectivity index (χ2n) is 3.08. The predicted octanol–water partition coefficient (Wildman–Crippen LogP) is 3.38. The molecule has 1 aromatic carbocycles. The van der Waals surface area contributed by atoms with Crippen LogP contribution < -0.4 is 9.47 Å². The Morgan fingerprint density at radius 3 is 2.43 bits per heavy atom. The summed E-state index contributed by atoms with van der Waals surface area (Å²) in [6, 6.07) is 2.86. The first-order valence-electron chi connectivity index (χ1n) is 4.24. The molecule has 1 rings (SSSR count). The molecule has 0 spiro atoms. The van der Waals surface area contributed by atoms with Gasteiger partial charge in [0.2, 0.25) is 0 Å². The number of hydrogen-bond acceptors (Lipinski definition) is 2. The summed E-state index contributed by atoms with van der Waals surface area (Å²) in [5.74, 6) is 0.577. The van der Waals surface area contributed by atoms with E-state index in [0.29, 0.717) is 16.0 Å². The van der Waals surface area contributed by atoms with Gasteiger partial charge >= 0.3 is 0 Å². The van der Waals surface area contributed by atoms with Crippen molar-refractivity contribution in [2.45, 2.75) is 20.0 Å². The van der Waals surface area contributed by atoms with Crippen molar-refractivity contribution in [3.8, 4) is 11.5 Å². The van der Waals surface area contributed by atoms with Gasteiger partial charge in [0.15, 0.2) is 11.5 Å². The van der Waals surface area contributed by atoms with E-state index in [0.717, 1.165) is 0 Å². The fourth-order valence-corrected chi connectivity index (χ4v) is 1.34. The van der Waals surface area contributed by atoms with Gasteiger partial charge in [0.25, 0.3) is 0 Å². The van der Waals surface area contributed by atoms with Crippen LogP contribution in [0, 0.1) is 5.82 Å². The predicted molar refractivity (Wildman–Crippen MR) is 56.4 cm³/mol. The fraction of sp³-hybridized carbons (Fsp3) is 0.400. The van der Waals surface area contributed by atoms with Crippen LogP contribution in [-0.4, -0.2) is 13.2 Å². The maximum Gasteiger partial charge on any atom is 0.163 e. The third kappa shape index (κ3) is 2.61. The number of methoxy groups -OCH3 is 1. The second kappa shape index (κ2) is 4.64. The van der Waals surface area contributed by atoms with Crippen LogP contribution in [-0.2, 0) is 0 Å². The number of halogens is 2. The third-order valence-electron chi connectivity index (χ3n) is 1.57. The molecule has 0 saturated carbocycles. The van der Waals surface area contributed by atoms with Gasteiger partial charge in [0, 0.05) is 12.1 Å². The highest BCUT2D eigenvalue weighted by Gasteiger charge is 2.10. The maximum atomic E-state index is 13.1. The summed E-state index contributed by atoms with van der Waals surface area (Å²) in [5, 5.41) is 0. The molecule has 78 valence electrons. The SMILES string of the molecule is COc1cc(F)c(Br)cc1OC(C)C. The molecule has 0 radical (unpaired) electrons. The van der Waals surface area contributed by atoms with Crippen LogP contribution in [0.3, 0.4) is 0 Å². The quantitative estimate of drug-likeness (QED) is 0.832. The summed E-state index contributed by atoms with van der Waals surface area (Å²) in [7, 11) is 1.48. The zero-order valence-corrected chi connectivity index (χ0v) is 9.89. The average Bonchev–Trinajstić information content (AvgIpc) is 2.10. The van der Waals surface area contributed by atoms with E-state index in [4.69, 9.17) is 9.47 Å². The van der Waals surface area contributed by atoms with E-state index in [1.807, 2.05) is 13.8 Å². The van der Waals surface area contributed by atoms with Crippen molar-refractivity contribution in [2.24, 2.45) is 0 Å². The van der Waals surface area contributed by atoms with Crippen molar-refractivity contribution in [3.05, 3.63) is 22.4 Å². The molecule has 0 amide bonds. The second-order valence-corrected chi connectivity index (χ2v) is 3.94. The van der Waals surface area contributed by atoms with E-state index in [-0.39, 0.29) is 11.9 Å². The van der Waals surface area contributed by atoms with Crippen molar-refractivity contribution in [2.75, 3.05) is 7.11 Å². The minimum Gasteiger partial charge on any atom is -0.493 e. The Morgan fingerprint density at radius 2 is 1.93 bits per heavy atom. The van der Waals surface area contributed by atoms with Crippen molar-refractivity contribution < 1.29 is 13.9 Å². The van der Waals surface area contributed by atoms with Crippen molar-refractivity contribution in [3.63, 3.8) is 0 Å². The van der Waals surface area contributed by atoms with E-state index in [1.165, 1.54) is 13.2 Å². The maximum absolute atomic E-state index is 13.1. The zero-order chi connectivity index (χ0) is 10.7. The number of hydrogen-bond donors (Lipinski definition) is 0. The summed E-state index contributed by atoms with van der Waals surface area (Å²) >= 11 is 3.09. The third-order valence-corrected chi connectivity index (χ3v) is 2.18. The van der Waals surface area contributed by atoms with Crippen molar-refractivity contribution in [1.82, 2.24) is 0 Å². The molecule has 0 N–H and O–H groups in total. The summed E-state index contributed by atoms with van der Waals surface area (Å²) in [4.78, 5) is 0. The van der Waals surface area contributed by atoms with Crippen LogP contribution in [0.2, 0.25) is 0 Å². The van der Waals surface area contributed by atoms with Gasteiger partial charge in [0.05, 0.1) is 17.7 Å². The van der Waals surface area contributed by atoms with Gasteiger partial charge in [-0.2, -0.15) is 0 Å². The molecule has 0 aromatic heterocycles. The first-order chi connectivity index (χ1) is 6.54. The zero-order valence-electron chi connectivity index (χ0n) is 8.30.